The molecule has 5 heteroatoms. The highest BCUT2D eigenvalue weighted by Crippen LogP contribution is 2.36. The summed E-state index contributed by atoms with van der Waals surface area (Å²) in [5, 5.41) is 3.09. The van der Waals surface area contributed by atoms with Gasteiger partial charge in [0.15, 0.2) is 0 Å². The molecule has 4 nitrogen and oxygen atoms in total. The van der Waals surface area contributed by atoms with E-state index in [9.17, 15) is 0 Å². The van der Waals surface area contributed by atoms with Gasteiger partial charge < -0.3 is 14.6 Å². The number of anilines is 1. The van der Waals surface area contributed by atoms with Crippen molar-refractivity contribution in [2.75, 3.05) is 12.4 Å². The second-order valence-electron chi connectivity index (χ2n) is 5.74. The number of aromatic nitrogens is 1. The Bertz CT molecular complexity index is 444. The Kier molecular flexibility index (Phi) is 3.15. The van der Waals surface area contributed by atoms with Crippen LogP contribution in [0.3, 0.4) is 0 Å². The van der Waals surface area contributed by atoms with Gasteiger partial charge in [-0.1, -0.05) is 0 Å². The van der Waals surface area contributed by atoms with Crippen molar-refractivity contribution in [3.63, 3.8) is 0 Å². The third-order valence-corrected chi connectivity index (χ3v) is 3.92. The highest BCUT2D eigenvalue weighted by molar-refractivity contribution is 6.62. The summed E-state index contributed by atoms with van der Waals surface area (Å²) in [7, 11) is 1.52. The van der Waals surface area contributed by atoms with Gasteiger partial charge in [0.25, 0.3) is 0 Å². The lowest BCUT2D eigenvalue weighted by molar-refractivity contribution is 0.00578. The van der Waals surface area contributed by atoms with Gasteiger partial charge in [-0.05, 0) is 40.7 Å². The standard InChI is InChI=1S/C13H21BN2O2/c1-9-11(7-10(15-6)8-16-9)14-17-12(2,3)13(4,5)18-14/h7-8,15H,1-6H3. The third-order valence-electron chi connectivity index (χ3n) is 3.92. The molecular weight excluding hydrogens is 227 g/mol. The highest BCUT2D eigenvalue weighted by Gasteiger charge is 2.52. The molecule has 0 atom stereocenters. The topological polar surface area (TPSA) is 43.4 Å². The van der Waals surface area contributed by atoms with E-state index in [4.69, 9.17) is 9.31 Å². The first kappa shape index (κ1) is 13.4. The summed E-state index contributed by atoms with van der Waals surface area (Å²) in [6, 6.07) is 2.03. The van der Waals surface area contributed by atoms with E-state index in [1.807, 2.05) is 26.2 Å². The van der Waals surface area contributed by atoms with Gasteiger partial charge in [0.05, 0.1) is 23.1 Å². The number of hydrogen-bond acceptors (Lipinski definition) is 4. The Morgan fingerprint density at radius 1 is 1.17 bits per heavy atom. The predicted molar refractivity (Wildman–Crippen MR) is 74.2 cm³/mol. The first-order valence-corrected chi connectivity index (χ1v) is 6.27. The monoisotopic (exact) mass is 248 g/mol. The maximum Gasteiger partial charge on any atom is 0.496 e. The van der Waals surface area contributed by atoms with Gasteiger partial charge in [-0.3, -0.25) is 4.98 Å². The Balaban J connectivity index is 2.34. The van der Waals surface area contributed by atoms with Crippen molar-refractivity contribution < 1.29 is 9.31 Å². The Hall–Kier alpha value is -1.07. The van der Waals surface area contributed by atoms with Gasteiger partial charge in [-0.15, -0.1) is 0 Å². The van der Waals surface area contributed by atoms with Crippen molar-refractivity contribution in [2.24, 2.45) is 0 Å². The average Bonchev–Trinajstić information content (AvgIpc) is 2.48. The van der Waals surface area contributed by atoms with Crippen molar-refractivity contribution in [2.45, 2.75) is 45.8 Å². The van der Waals surface area contributed by atoms with Crippen LogP contribution in [0, 0.1) is 6.92 Å². The van der Waals surface area contributed by atoms with Crippen molar-refractivity contribution in [1.82, 2.24) is 4.98 Å². The molecule has 0 amide bonds. The number of rotatable bonds is 2. The van der Waals surface area contributed by atoms with E-state index < -0.39 is 0 Å². The quantitative estimate of drug-likeness (QED) is 0.809. The van der Waals surface area contributed by atoms with E-state index in [1.54, 1.807) is 0 Å². The zero-order valence-corrected chi connectivity index (χ0v) is 12.0. The Labute approximate surface area is 109 Å². The molecule has 0 spiro atoms. The lowest BCUT2D eigenvalue weighted by Crippen LogP contribution is -2.41. The molecule has 2 heterocycles. The minimum absolute atomic E-state index is 0.320. The summed E-state index contributed by atoms with van der Waals surface area (Å²) >= 11 is 0. The fourth-order valence-corrected chi connectivity index (χ4v) is 1.90. The molecule has 1 saturated heterocycles. The first-order valence-electron chi connectivity index (χ1n) is 6.27. The zero-order chi connectivity index (χ0) is 13.6. The molecule has 0 aromatic carbocycles. The fraction of sp³-hybridized carbons (Fsp3) is 0.615. The smallest absolute Gasteiger partial charge is 0.399 e. The molecule has 1 N–H and O–H groups in total. The summed E-state index contributed by atoms with van der Waals surface area (Å²) in [4.78, 5) is 4.37. The molecule has 0 radical (unpaired) electrons. The number of pyridine rings is 1. The maximum atomic E-state index is 6.04. The van der Waals surface area contributed by atoms with Gasteiger partial charge in [-0.25, -0.2) is 0 Å². The van der Waals surface area contributed by atoms with E-state index in [0.29, 0.717) is 0 Å². The molecule has 18 heavy (non-hydrogen) atoms. The van der Waals surface area contributed by atoms with E-state index >= 15 is 0 Å². The van der Waals surface area contributed by atoms with Crippen molar-refractivity contribution in [3.05, 3.63) is 18.0 Å². The molecule has 0 aliphatic carbocycles. The van der Waals surface area contributed by atoms with E-state index in [0.717, 1.165) is 16.8 Å². The highest BCUT2D eigenvalue weighted by atomic mass is 16.7. The fourth-order valence-electron chi connectivity index (χ4n) is 1.90. The van der Waals surface area contributed by atoms with Crippen LogP contribution in [-0.2, 0) is 9.31 Å². The summed E-state index contributed by atoms with van der Waals surface area (Å²) in [6.07, 6.45) is 1.81. The van der Waals surface area contributed by atoms with Gasteiger partial charge in [-0.2, -0.15) is 0 Å². The van der Waals surface area contributed by atoms with Crippen molar-refractivity contribution >= 4 is 18.3 Å². The molecule has 98 valence electrons. The molecule has 2 rings (SSSR count). The molecule has 0 bridgehead atoms. The van der Waals surface area contributed by atoms with Crippen LogP contribution in [-0.4, -0.2) is 30.4 Å². The van der Waals surface area contributed by atoms with Gasteiger partial charge >= 0.3 is 7.12 Å². The first-order chi connectivity index (χ1) is 8.27. The summed E-state index contributed by atoms with van der Waals surface area (Å²) < 4.78 is 12.1. The van der Waals surface area contributed by atoms with Gasteiger partial charge in [0, 0.05) is 18.2 Å². The van der Waals surface area contributed by atoms with Crippen LogP contribution in [0.1, 0.15) is 33.4 Å². The van der Waals surface area contributed by atoms with Crippen LogP contribution in [0.2, 0.25) is 0 Å². The average molecular weight is 248 g/mol. The molecule has 0 unspecified atom stereocenters. The third kappa shape index (κ3) is 2.13. The van der Waals surface area contributed by atoms with Crippen LogP contribution in [0.25, 0.3) is 0 Å². The largest absolute Gasteiger partial charge is 0.496 e. The van der Waals surface area contributed by atoms with Gasteiger partial charge in [0.2, 0.25) is 0 Å². The van der Waals surface area contributed by atoms with E-state index in [-0.39, 0.29) is 18.3 Å². The number of nitrogens with zero attached hydrogens (tertiary/aromatic N) is 1. The number of aryl methyl sites for hydroxylation is 1. The maximum absolute atomic E-state index is 6.04. The molecule has 1 aliphatic heterocycles. The van der Waals surface area contributed by atoms with Crippen LogP contribution in [0.4, 0.5) is 5.69 Å². The van der Waals surface area contributed by atoms with E-state index in [1.165, 1.54) is 0 Å². The van der Waals surface area contributed by atoms with Crippen LogP contribution < -0.4 is 10.8 Å². The summed E-state index contributed by atoms with van der Waals surface area (Å²) in [5.41, 5.74) is 2.25. The Morgan fingerprint density at radius 2 is 1.72 bits per heavy atom. The Morgan fingerprint density at radius 3 is 2.22 bits per heavy atom. The minimum atomic E-state index is -0.351. The molecule has 1 aromatic rings. The summed E-state index contributed by atoms with van der Waals surface area (Å²) in [6.45, 7) is 10.2. The minimum Gasteiger partial charge on any atom is -0.399 e. The normalized spacial score (nSPS) is 21.1. The van der Waals surface area contributed by atoms with Crippen molar-refractivity contribution in [3.8, 4) is 0 Å². The molecule has 1 aromatic heterocycles. The van der Waals surface area contributed by atoms with Crippen LogP contribution in [0.5, 0.6) is 0 Å². The van der Waals surface area contributed by atoms with E-state index in [2.05, 4.69) is 38.0 Å². The van der Waals surface area contributed by atoms with Gasteiger partial charge in [0.1, 0.15) is 0 Å². The van der Waals surface area contributed by atoms with Crippen LogP contribution >= 0.6 is 0 Å². The number of nitrogens with one attached hydrogen (secondary N) is 1. The zero-order valence-electron chi connectivity index (χ0n) is 12.0. The number of hydrogen-bond donors (Lipinski definition) is 1. The second kappa shape index (κ2) is 4.25. The summed E-state index contributed by atoms with van der Waals surface area (Å²) in [5.74, 6) is 0. The molecule has 1 fully saturated rings. The lowest BCUT2D eigenvalue weighted by Gasteiger charge is -2.32. The molecule has 0 saturated carbocycles. The molecule has 1 aliphatic rings. The van der Waals surface area contributed by atoms with Crippen LogP contribution in [0.15, 0.2) is 12.3 Å². The lowest BCUT2D eigenvalue weighted by atomic mass is 9.78. The second-order valence-corrected chi connectivity index (χ2v) is 5.74. The van der Waals surface area contributed by atoms with Crippen molar-refractivity contribution in [1.29, 1.82) is 0 Å². The SMILES string of the molecule is CNc1cnc(C)c(B2OC(C)(C)C(C)(C)O2)c1. The molecular formula is C13H21BN2O2. The predicted octanol–water partition coefficient (Wildman–Crippen LogP) is 1.73.